The molecule has 0 spiro atoms. The Kier molecular flexibility index (Phi) is 5.51. The smallest absolute Gasteiger partial charge is 0.163 e. The van der Waals surface area contributed by atoms with Gasteiger partial charge in [0, 0.05) is 23.0 Å². The third kappa shape index (κ3) is 4.29. The fourth-order valence-corrected chi connectivity index (χ4v) is 3.74. The molecule has 3 aromatic heterocycles. The summed E-state index contributed by atoms with van der Waals surface area (Å²) in [5.74, 6) is 1.87. The topological polar surface area (TPSA) is 92.9 Å². The van der Waals surface area contributed by atoms with E-state index in [1.165, 1.54) is 6.33 Å². The molecule has 0 atom stereocenters. The van der Waals surface area contributed by atoms with Gasteiger partial charge in [-0.3, -0.25) is 4.98 Å². The third-order valence-electron chi connectivity index (χ3n) is 5.35. The highest BCUT2D eigenvalue weighted by molar-refractivity contribution is 5.94. The Morgan fingerprint density at radius 1 is 0.848 bits per heavy atom. The van der Waals surface area contributed by atoms with Gasteiger partial charge in [0.1, 0.15) is 17.8 Å². The fourth-order valence-electron chi connectivity index (χ4n) is 3.74. The minimum atomic E-state index is 0.441. The zero-order chi connectivity index (χ0) is 22.6. The molecule has 0 saturated carbocycles. The van der Waals surface area contributed by atoms with E-state index in [0.717, 1.165) is 33.7 Å². The molecule has 5 rings (SSSR count). The highest BCUT2D eigenvalue weighted by Crippen LogP contribution is 2.34. The fraction of sp³-hybridized carbons (Fsp3) is 0.0769. The number of nitrogens with two attached hydrogens (primary N) is 1. The lowest BCUT2D eigenvalue weighted by atomic mass is 10.1. The summed E-state index contributed by atoms with van der Waals surface area (Å²) in [4.78, 5) is 20.1. The van der Waals surface area contributed by atoms with Crippen LogP contribution >= 0.6 is 0 Å². The maximum Gasteiger partial charge on any atom is 0.163 e. The standard InChI is InChI=1S/C26H23N7/c1-18-13-14-20-21(31-18)10-7-11-22(20)32-25-24(27)26(30-17-29-25)33(23-12-5-6-15-28-23)16-19-8-3-2-4-9-19/h2-15,17H,16,27H2,1H3,(H,29,30,32). The van der Waals surface area contributed by atoms with Crippen molar-refractivity contribution in [2.45, 2.75) is 13.5 Å². The normalized spacial score (nSPS) is 10.8. The number of hydrogen-bond donors (Lipinski definition) is 2. The minimum Gasteiger partial charge on any atom is -0.393 e. The molecule has 0 aliphatic carbocycles. The number of anilines is 5. The molecule has 0 aliphatic heterocycles. The van der Waals surface area contributed by atoms with E-state index in [2.05, 4.69) is 37.4 Å². The summed E-state index contributed by atoms with van der Waals surface area (Å²) >= 11 is 0. The van der Waals surface area contributed by atoms with Crippen LogP contribution in [0.25, 0.3) is 10.9 Å². The van der Waals surface area contributed by atoms with Crippen molar-refractivity contribution in [3.05, 3.63) is 103 Å². The first-order chi connectivity index (χ1) is 16.2. The summed E-state index contributed by atoms with van der Waals surface area (Å²) in [5.41, 5.74) is 10.9. The van der Waals surface area contributed by atoms with Crippen molar-refractivity contribution in [1.82, 2.24) is 19.9 Å². The van der Waals surface area contributed by atoms with Gasteiger partial charge in [-0.15, -0.1) is 0 Å². The maximum atomic E-state index is 6.62. The van der Waals surface area contributed by atoms with Crippen LogP contribution in [0.2, 0.25) is 0 Å². The Morgan fingerprint density at radius 2 is 1.70 bits per heavy atom. The van der Waals surface area contributed by atoms with Gasteiger partial charge in [-0.1, -0.05) is 42.5 Å². The summed E-state index contributed by atoms with van der Waals surface area (Å²) in [6.45, 7) is 2.54. The molecule has 0 fully saturated rings. The van der Waals surface area contributed by atoms with E-state index >= 15 is 0 Å². The van der Waals surface area contributed by atoms with Crippen LogP contribution in [0.3, 0.4) is 0 Å². The van der Waals surface area contributed by atoms with Crippen LogP contribution in [-0.2, 0) is 6.54 Å². The lowest BCUT2D eigenvalue weighted by Gasteiger charge is -2.25. The molecule has 0 radical (unpaired) electrons. The lowest BCUT2D eigenvalue weighted by molar-refractivity contribution is 0.918. The predicted octanol–water partition coefficient (Wildman–Crippen LogP) is 5.39. The van der Waals surface area contributed by atoms with Crippen LogP contribution in [0.4, 0.5) is 28.8 Å². The molecule has 33 heavy (non-hydrogen) atoms. The van der Waals surface area contributed by atoms with Crippen LogP contribution in [-0.4, -0.2) is 19.9 Å². The number of nitrogens with one attached hydrogen (secondary N) is 1. The summed E-state index contributed by atoms with van der Waals surface area (Å²) < 4.78 is 0. The van der Waals surface area contributed by atoms with Gasteiger partial charge in [-0.2, -0.15) is 0 Å². The van der Waals surface area contributed by atoms with E-state index in [-0.39, 0.29) is 0 Å². The third-order valence-corrected chi connectivity index (χ3v) is 5.35. The van der Waals surface area contributed by atoms with E-state index in [0.29, 0.717) is 23.9 Å². The van der Waals surface area contributed by atoms with Gasteiger partial charge < -0.3 is 16.0 Å². The number of fused-ring (bicyclic) bond motifs is 1. The monoisotopic (exact) mass is 433 g/mol. The van der Waals surface area contributed by atoms with Gasteiger partial charge in [0.25, 0.3) is 0 Å². The molecular formula is C26H23N7. The van der Waals surface area contributed by atoms with Crippen LogP contribution < -0.4 is 16.0 Å². The molecule has 162 valence electrons. The lowest BCUT2D eigenvalue weighted by Crippen LogP contribution is -2.21. The molecule has 5 aromatic rings. The van der Waals surface area contributed by atoms with Crippen molar-refractivity contribution in [3.8, 4) is 0 Å². The van der Waals surface area contributed by atoms with Gasteiger partial charge in [0.2, 0.25) is 0 Å². The van der Waals surface area contributed by atoms with Crippen LogP contribution in [0, 0.1) is 6.92 Å². The maximum absolute atomic E-state index is 6.62. The first kappa shape index (κ1) is 20.4. The SMILES string of the molecule is Cc1ccc2c(Nc3ncnc(N(Cc4ccccc4)c4ccccn4)c3N)cccc2n1. The van der Waals surface area contributed by atoms with Crippen molar-refractivity contribution in [2.24, 2.45) is 0 Å². The summed E-state index contributed by atoms with van der Waals surface area (Å²) in [6, 6.07) is 25.9. The number of benzene rings is 2. The molecule has 0 saturated heterocycles. The van der Waals surface area contributed by atoms with Crippen LogP contribution in [0.1, 0.15) is 11.3 Å². The second kappa shape index (κ2) is 8.92. The summed E-state index contributed by atoms with van der Waals surface area (Å²) in [5, 5.41) is 4.38. The molecule has 0 aliphatic rings. The van der Waals surface area contributed by atoms with Crippen molar-refractivity contribution >= 4 is 39.7 Å². The Hall–Kier alpha value is -4.52. The Balaban J connectivity index is 1.55. The number of nitrogens with zero attached hydrogens (tertiary/aromatic N) is 5. The van der Waals surface area contributed by atoms with Gasteiger partial charge in [0.15, 0.2) is 11.6 Å². The molecule has 3 heterocycles. The zero-order valence-corrected chi connectivity index (χ0v) is 18.2. The average molecular weight is 434 g/mol. The van der Waals surface area contributed by atoms with Gasteiger partial charge >= 0.3 is 0 Å². The first-order valence-corrected chi connectivity index (χ1v) is 10.7. The van der Waals surface area contributed by atoms with Gasteiger partial charge in [0.05, 0.1) is 12.1 Å². The number of pyridine rings is 2. The number of aromatic nitrogens is 4. The molecule has 7 heteroatoms. The number of rotatable bonds is 6. The Labute approximate surface area is 192 Å². The molecule has 7 nitrogen and oxygen atoms in total. The molecule has 0 amide bonds. The molecule has 3 N–H and O–H groups in total. The minimum absolute atomic E-state index is 0.441. The molecular weight excluding hydrogens is 410 g/mol. The Bertz CT molecular complexity index is 1390. The average Bonchev–Trinajstić information content (AvgIpc) is 2.85. The quantitative estimate of drug-likeness (QED) is 0.371. The van der Waals surface area contributed by atoms with Crippen molar-refractivity contribution < 1.29 is 0 Å². The number of aryl methyl sites for hydroxylation is 1. The highest BCUT2D eigenvalue weighted by atomic mass is 15.3. The highest BCUT2D eigenvalue weighted by Gasteiger charge is 2.19. The van der Waals surface area contributed by atoms with Crippen LogP contribution in [0.15, 0.2) is 91.4 Å². The van der Waals surface area contributed by atoms with E-state index in [9.17, 15) is 0 Å². The summed E-state index contributed by atoms with van der Waals surface area (Å²) in [7, 11) is 0. The zero-order valence-electron chi connectivity index (χ0n) is 18.2. The Morgan fingerprint density at radius 3 is 2.52 bits per heavy atom. The van der Waals surface area contributed by atoms with Crippen LogP contribution in [0.5, 0.6) is 0 Å². The second-order valence-corrected chi connectivity index (χ2v) is 7.67. The predicted molar refractivity (Wildman–Crippen MR) is 133 cm³/mol. The molecule has 0 bridgehead atoms. The summed E-state index contributed by atoms with van der Waals surface area (Å²) in [6.07, 6.45) is 3.28. The van der Waals surface area contributed by atoms with E-state index in [4.69, 9.17) is 5.73 Å². The second-order valence-electron chi connectivity index (χ2n) is 7.67. The van der Waals surface area contributed by atoms with Gasteiger partial charge in [-0.05, 0) is 48.9 Å². The molecule has 2 aromatic carbocycles. The first-order valence-electron chi connectivity index (χ1n) is 10.7. The van der Waals surface area contributed by atoms with E-state index in [1.54, 1.807) is 6.20 Å². The van der Waals surface area contributed by atoms with E-state index in [1.807, 2.05) is 78.6 Å². The van der Waals surface area contributed by atoms with E-state index < -0.39 is 0 Å². The molecule has 0 unspecified atom stereocenters. The van der Waals surface area contributed by atoms with Crippen molar-refractivity contribution in [1.29, 1.82) is 0 Å². The van der Waals surface area contributed by atoms with Gasteiger partial charge in [-0.25, -0.2) is 15.0 Å². The largest absolute Gasteiger partial charge is 0.393 e. The number of nitrogen functional groups attached to an aromatic ring is 1. The van der Waals surface area contributed by atoms with Crippen molar-refractivity contribution in [2.75, 3.05) is 16.0 Å². The van der Waals surface area contributed by atoms with Crippen molar-refractivity contribution in [3.63, 3.8) is 0 Å². The number of hydrogen-bond acceptors (Lipinski definition) is 7.